The molecule has 0 spiro atoms. The van der Waals surface area contributed by atoms with Crippen LogP contribution >= 0.6 is 0 Å². The highest BCUT2D eigenvalue weighted by atomic mass is 32.2. The molecular formula is C15H23N5O2S. The van der Waals surface area contributed by atoms with Gasteiger partial charge in [-0.25, -0.2) is 12.7 Å². The van der Waals surface area contributed by atoms with Gasteiger partial charge in [0.2, 0.25) is 10.0 Å². The van der Waals surface area contributed by atoms with Crippen LogP contribution in [0.15, 0.2) is 0 Å². The number of nitriles is 1. The summed E-state index contributed by atoms with van der Waals surface area (Å²) >= 11 is 0. The summed E-state index contributed by atoms with van der Waals surface area (Å²) in [7, 11) is -3.20. The fraction of sp³-hybridized carbons (Fsp3) is 0.667. The van der Waals surface area contributed by atoms with Gasteiger partial charge in [0.25, 0.3) is 0 Å². The van der Waals surface area contributed by atoms with Crippen LogP contribution in [0.3, 0.4) is 0 Å². The van der Waals surface area contributed by atoms with Gasteiger partial charge >= 0.3 is 0 Å². The van der Waals surface area contributed by atoms with Crippen LogP contribution in [0, 0.1) is 11.3 Å². The lowest BCUT2D eigenvalue weighted by Gasteiger charge is -2.31. The van der Waals surface area contributed by atoms with Crippen LogP contribution in [-0.2, 0) is 22.9 Å². The van der Waals surface area contributed by atoms with Crippen molar-refractivity contribution in [1.29, 1.82) is 5.26 Å². The van der Waals surface area contributed by atoms with Gasteiger partial charge in [0.1, 0.15) is 11.6 Å². The number of nitrogens with zero attached hydrogens (tertiary/aromatic N) is 4. The van der Waals surface area contributed by atoms with Crippen molar-refractivity contribution >= 4 is 15.8 Å². The van der Waals surface area contributed by atoms with E-state index in [2.05, 4.69) is 21.6 Å². The van der Waals surface area contributed by atoms with Crippen LogP contribution in [0.5, 0.6) is 0 Å². The number of anilines is 1. The van der Waals surface area contributed by atoms with Crippen LogP contribution in [0.4, 0.5) is 5.82 Å². The van der Waals surface area contributed by atoms with Crippen LogP contribution in [0.2, 0.25) is 0 Å². The van der Waals surface area contributed by atoms with Gasteiger partial charge in [0.15, 0.2) is 5.82 Å². The molecule has 1 aromatic heterocycles. The number of nitrogens with one attached hydrogen (secondary N) is 1. The molecule has 2 heterocycles. The third-order valence-corrected chi connectivity index (χ3v) is 5.42. The Labute approximate surface area is 137 Å². The molecule has 1 saturated heterocycles. The SMILES string of the molecule is CCc1nnc(NC2CCCN(S(C)(=O)=O)C2)c(C#N)c1CC. The smallest absolute Gasteiger partial charge is 0.211 e. The second-order valence-corrected chi connectivity index (χ2v) is 7.75. The first-order valence-corrected chi connectivity index (χ1v) is 9.75. The lowest BCUT2D eigenvalue weighted by Crippen LogP contribution is -2.44. The molecule has 1 aliphatic heterocycles. The summed E-state index contributed by atoms with van der Waals surface area (Å²) in [4.78, 5) is 0. The molecule has 2 rings (SSSR count). The number of hydrogen-bond acceptors (Lipinski definition) is 6. The first-order chi connectivity index (χ1) is 10.9. The van der Waals surface area contributed by atoms with E-state index in [0.29, 0.717) is 24.5 Å². The van der Waals surface area contributed by atoms with Crippen molar-refractivity contribution in [3.63, 3.8) is 0 Å². The van der Waals surface area contributed by atoms with E-state index in [1.165, 1.54) is 10.6 Å². The summed E-state index contributed by atoms with van der Waals surface area (Å²) in [6.45, 7) is 4.92. The number of hydrogen-bond donors (Lipinski definition) is 1. The van der Waals surface area contributed by atoms with E-state index in [4.69, 9.17) is 0 Å². The molecule has 0 aromatic carbocycles. The number of aryl methyl sites for hydroxylation is 1. The van der Waals surface area contributed by atoms with Gasteiger partial charge in [-0.15, -0.1) is 5.10 Å². The predicted molar refractivity (Wildman–Crippen MR) is 88.6 cm³/mol. The van der Waals surface area contributed by atoms with E-state index in [0.717, 1.165) is 36.9 Å². The van der Waals surface area contributed by atoms with Gasteiger partial charge in [0.05, 0.1) is 11.9 Å². The predicted octanol–water partition coefficient (Wildman–Crippen LogP) is 1.31. The minimum Gasteiger partial charge on any atom is -0.363 e. The molecule has 1 unspecified atom stereocenters. The Hall–Kier alpha value is -1.72. The summed E-state index contributed by atoms with van der Waals surface area (Å²) in [5, 5.41) is 21.1. The standard InChI is InChI=1S/C15H23N5O2S/c1-4-12-13(9-16)15(19-18-14(12)5-2)17-11-7-6-8-20(10-11)23(3,21)22/h11H,4-8,10H2,1-3H3,(H,17,19). The second kappa shape index (κ2) is 7.23. The molecule has 1 atom stereocenters. The second-order valence-electron chi connectivity index (χ2n) is 5.77. The Bertz CT molecular complexity index is 711. The van der Waals surface area contributed by atoms with Crippen LogP contribution < -0.4 is 5.32 Å². The largest absolute Gasteiger partial charge is 0.363 e. The molecule has 0 saturated carbocycles. The first kappa shape index (κ1) is 17.6. The molecule has 7 nitrogen and oxygen atoms in total. The normalized spacial score (nSPS) is 19.3. The van der Waals surface area contributed by atoms with E-state index < -0.39 is 10.0 Å². The zero-order valence-electron chi connectivity index (χ0n) is 13.8. The average Bonchev–Trinajstić information content (AvgIpc) is 2.53. The summed E-state index contributed by atoms with van der Waals surface area (Å²) in [5.41, 5.74) is 2.29. The summed E-state index contributed by atoms with van der Waals surface area (Å²) in [6, 6.07) is 2.17. The summed E-state index contributed by atoms with van der Waals surface area (Å²) in [5.74, 6) is 0.460. The maximum absolute atomic E-state index is 11.7. The van der Waals surface area contributed by atoms with E-state index in [-0.39, 0.29) is 6.04 Å². The molecular weight excluding hydrogens is 314 g/mol. The van der Waals surface area contributed by atoms with Crippen molar-refractivity contribution in [2.24, 2.45) is 0 Å². The lowest BCUT2D eigenvalue weighted by molar-refractivity contribution is 0.328. The van der Waals surface area contributed by atoms with Gasteiger partial charge < -0.3 is 5.32 Å². The summed E-state index contributed by atoms with van der Waals surface area (Å²) in [6.07, 6.45) is 4.30. The molecule has 1 aliphatic rings. The third-order valence-electron chi connectivity index (χ3n) is 4.15. The Kier molecular flexibility index (Phi) is 5.55. The van der Waals surface area contributed by atoms with Crippen LogP contribution in [0.25, 0.3) is 0 Å². The van der Waals surface area contributed by atoms with Crippen molar-refractivity contribution in [1.82, 2.24) is 14.5 Å². The summed E-state index contributed by atoms with van der Waals surface area (Å²) < 4.78 is 24.9. The quantitative estimate of drug-likeness (QED) is 0.869. The van der Waals surface area contributed by atoms with Gasteiger partial charge in [-0.1, -0.05) is 13.8 Å². The van der Waals surface area contributed by atoms with Crippen LogP contribution in [-0.4, -0.2) is 48.3 Å². The average molecular weight is 337 g/mol. The van der Waals surface area contributed by atoms with E-state index >= 15 is 0 Å². The van der Waals surface area contributed by atoms with Crippen molar-refractivity contribution in [3.05, 3.63) is 16.8 Å². The fourth-order valence-corrected chi connectivity index (χ4v) is 3.86. The van der Waals surface area contributed by atoms with Crippen molar-refractivity contribution in [3.8, 4) is 6.07 Å². The highest BCUT2D eigenvalue weighted by molar-refractivity contribution is 7.88. The Morgan fingerprint density at radius 1 is 1.35 bits per heavy atom. The highest BCUT2D eigenvalue weighted by Gasteiger charge is 2.27. The molecule has 0 amide bonds. The van der Waals surface area contributed by atoms with Gasteiger partial charge in [0, 0.05) is 19.1 Å². The molecule has 8 heteroatoms. The minimum absolute atomic E-state index is 0.0583. The maximum atomic E-state index is 11.7. The van der Waals surface area contributed by atoms with E-state index in [1.54, 1.807) is 0 Å². The number of rotatable bonds is 5. The third kappa shape index (κ3) is 3.98. The molecule has 1 aromatic rings. The minimum atomic E-state index is -3.20. The Balaban J connectivity index is 2.25. The molecule has 126 valence electrons. The van der Waals surface area contributed by atoms with E-state index in [1.807, 2.05) is 13.8 Å². The van der Waals surface area contributed by atoms with Crippen LogP contribution in [0.1, 0.15) is 43.5 Å². The van der Waals surface area contributed by atoms with Gasteiger partial charge in [-0.3, -0.25) is 0 Å². The maximum Gasteiger partial charge on any atom is 0.211 e. The number of piperidine rings is 1. The Morgan fingerprint density at radius 3 is 2.65 bits per heavy atom. The van der Waals surface area contributed by atoms with Gasteiger partial charge in [-0.05, 0) is 31.2 Å². The molecule has 1 fully saturated rings. The van der Waals surface area contributed by atoms with Crippen molar-refractivity contribution in [2.45, 2.75) is 45.6 Å². The zero-order chi connectivity index (χ0) is 17.0. The number of sulfonamides is 1. The van der Waals surface area contributed by atoms with Gasteiger partial charge in [-0.2, -0.15) is 10.4 Å². The first-order valence-electron chi connectivity index (χ1n) is 7.90. The monoisotopic (exact) mass is 337 g/mol. The molecule has 1 N–H and O–H groups in total. The Morgan fingerprint density at radius 2 is 2.09 bits per heavy atom. The fourth-order valence-electron chi connectivity index (χ4n) is 2.95. The highest BCUT2D eigenvalue weighted by Crippen LogP contribution is 2.23. The number of aromatic nitrogens is 2. The molecule has 0 radical (unpaired) electrons. The molecule has 23 heavy (non-hydrogen) atoms. The van der Waals surface area contributed by atoms with Crippen molar-refractivity contribution in [2.75, 3.05) is 24.7 Å². The topological polar surface area (TPSA) is 99.0 Å². The van der Waals surface area contributed by atoms with E-state index in [9.17, 15) is 13.7 Å². The lowest BCUT2D eigenvalue weighted by atomic mass is 10.0. The zero-order valence-corrected chi connectivity index (χ0v) is 14.7. The van der Waals surface area contributed by atoms with Crippen molar-refractivity contribution < 1.29 is 8.42 Å². The molecule has 0 bridgehead atoms. The molecule has 0 aliphatic carbocycles.